The van der Waals surface area contributed by atoms with Gasteiger partial charge >= 0.3 is 6.55 Å². The molecular formula is C28H25ClF2N8O2. The standard InChI is InChI=1S/C28H25ClF2N8O2/c1-15-4-2-3-5-23(21-9-16(6-7-32-21)26-22(36-27(15)41)13-35-39(26)28(30)31)38-14-33-20(11-24(38)40)19-10-18(29)8-17-12-34-37-25(17)19/h6-15,23,28H,2-5H2,1H3,(H,34,37)(H,36,41)/t15-,23+/m1/s1. The summed E-state index contributed by atoms with van der Waals surface area (Å²) in [6.07, 6.45) is 8.37. The van der Waals surface area contributed by atoms with Crippen LogP contribution in [-0.4, -0.2) is 40.4 Å². The van der Waals surface area contributed by atoms with E-state index in [9.17, 15) is 18.4 Å². The lowest BCUT2D eigenvalue weighted by atomic mass is 9.99. The van der Waals surface area contributed by atoms with Gasteiger partial charge in [0.2, 0.25) is 5.91 Å². The maximum atomic E-state index is 13.9. The first-order chi connectivity index (χ1) is 19.8. The van der Waals surface area contributed by atoms with E-state index in [4.69, 9.17) is 11.6 Å². The SMILES string of the molecule is C[C@@H]1CCCC[C@H](n2cnc(-c3cc(Cl)cc4cn[nH]c34)cc2=O)c2cc(ccn2)-c2c(cnn2C(F)F)NC1=O. The first-order valence-corrected chi connectivity index (χ1v) is 13.5. The number of halogens is 3. The number of aromatic amines is 1. The zero-order valence-corrected chi connectivity index (χ0v) is 22.6. The molecule has 0 aliphatic carbocycles. The number of benzene rings is 1. The number of pyridine rings is 1. The Kier molecular flexibility index (Phi) is 7.08. The quantitative estimate of drug-likeness (QED) is 0.277. The van der Waals surface area contributed by atoms with Gasteiger partial charge in [0.25, 0.3) is 5.56 Å². The number of rotatable bonds is 3. The number of anilines is 1. The van der Waals surface area contributed by atoms with Crippen LogP contribution < -0.4 is 10.9 Å². The minimum atomic E-state index is -2.93. The highest BCUT2D eigenvalue weighted by Gasteiger charge is 2.25. The van der Waals surface area contributed by atoms with Gasteiger partial charge in [-0.1, -0.05) is 31.4 Å². The van der Waals surface area contributed by atoms with Crippen molar-refractivity contribution in [3.63, 3.8) is 0 Å². The first kappa shape index (κ1) is 26.8. The van der Waals surface area contributed by atoms with E-state index in [2.05, 4.69) is 30.6 Å². The topological polar surface area (TPSA) is 123 Å². The smallest absolute Gasteiger partial charge is 0.323 e. The molecule has 4 aromatic heterocycles. The van der Waals surface area contributed by atoms with Crippen LogP contribution in [0.15, 0.2) is 60.0 Å². The van der Waals surface area contributed by atoms with Gasteiger partial charge in [-0.3, -0.25) is 24.2 Å². The fraction of sp³-hybridized carbons (Fsp3) is 0.286. The highest BCUT2D eigenvalue weighted by molar-refractivity contribution is 6.31. The number of carbonyl (C=O) groups is 1. The van der Waals surface area contributed by atoms with E-state index in [1.54, 1.807) is 37.4 Å². The Morgan fingerprint density at radius 1 is 1.07 bits per heavy atom. The van der Waals surface area contributed by atoms with Crippen LogP contribution in [0.1, 0.15) is 50.9 Å². The molecule has 10 nitrogen and oxygen atoms in total. The average Bonchev–Trinajstić information content (AvgIpc) is 3.60. The maximum Gasteiger partial charge on any atom is 0.333 e. The molecule has 5 aromatic rings. The van der Waals surface area contributed by atoms with E-state index >= 15 is 0 Å². The molecule has 0 saturated heterocycles. The van der Waals surface area contributed by atoms with E-state index in [-0.39, 0.29) is 28.8 Å². The molecule has 2 atom stereocenters. The second kappa shape index (κ2) is 10.8. The van der Waals surface area contributed by atoms with Crippen molar-refractivity contribution in [3.8, 4) is 22.5 Å². The van der Waals surface area contributed by atoms with Crippen molar-refractivity contribution in [3.05, 3.63) is 76.3 Å². The molecule has 2 bridgehead atoms. The number of H-pyrrole nitrogens is 1. The normalized spacial score (nSPS) is 17.9. The second-order valence-electron chi connectivity index (χ2n) is 10.1. The largest absolute Gasteiger partial charge is 0.333 e. The second-order valence-corrected chi connectivity index (χ2v) is 10.5. The number of aromatic nitrogens is 7. The van der Waals surface area contributed by atoms with Crippen molar-refractivity contribution in [1.29, 1.82) is 0 Å². The van der Waals surface area contributed by atoms with Crippen molar-refractivity contribution in [2.45, 2.75) is 45.2 Å². The Bertz CT molecular complexity index is 1810. The molecule has 2 N–H and O–H groups in total. The van der Waals surface area contributed by atoms with Crippen LogP contribution >= 0.6 is 11.6 Å². The first-order valence-electron chi connectivity index (χ1n) is 13.1. The molecule has 0 fully saturated rings. The number of amides is 1. The summed E-state index contributed by atoms with van der Waals surface area (Å²) in [5.74, 6) is -0.618. The Morgan fingerprint density at radius 2 is 1.90 bits per heavy atom. The minimum Gasteiger partial charge on any atom is -0.323 e. The number of hydrogen-bond donors (Lipinski definition) is 2. The summed E-state index contributed by atoms with van der Waals surface area (Å²) in [5.41, 5.74) is 2.61. The van der Waals surface area contributed by atoms with Gasteiger partial charge in [0.15, 0.2) is 0 Å². The van der Waals surface area contributed by atoms with E-state index in [1.165, 1.54) is 29.4 Å². The van der Waals surface area contributed by atoms with Crippen LogP contribution in [-0.2, 0) is 4.79 Å². The molecule has 1 aromatic carbocycles. The molecule has 1 amide bonds. The number of carbonyl (C=O) groups excluding carboxylic acids is 1. The average molecular weight is 579 g/mol. The van der Waals surface area contributed by atoms with Gasteiger partial charge in [-0.25, -0.2) is 9.67 Å². The van der Waals surface area contributed by atoms with Crippen molar-refractivity contribution in [1.82, 2.24) is 34.5 Å². The lowest BCUT2D eigenvalue weighted by Crippen LogP contribution is -2.26. The number of alkyl halides is 2. The van der Waals surface area contributed by atoms with Crippen molar-refractivity contribution < 1.29 is 13.6 Å². The zero-order chi connectivity index (χ0) is 28.7. The number of nitrogens with one attached hydrogen (secondary N) is 2. The summed E-state index contributed by atoms with van der Waals surface area (Å²) in [4.78, 5) is 35.5. The van der Waals surface area contributed by atoms with Gasteiger partial charge < -0.3 is 5.32 Å². The predicted molar refractivity (Wildman–Crippen MR) is 150 cm³/mol. The Balaban J connectivity index is 1.45. The van der Waals surface area contributed by atoms with Crippen LogP contribution in [0.2, 0.25) is 5.02 Å². The molecular weight excluding hydrogens is 554 g/mol. The Hall–Kier alpha value is -4.45. The van der Waals surface area contributed by atoms with Gasteiger partial charge in [0, 0.05) is 39.7 Å². The van der Waals surface area contributed by atoms with E-state index in [0.29, 0.717) is 63.4 Å². The number of nitrogens with zero attached hydrogens (tertiary/aromatic N) is 6. The molecule has 210 valence electrons. The number of hydrogen-bond acceptors (Lipinski definition) is 6. The molecule has 41 heavy (non-hydrogen) atoms. The fourth-order valence-electron chi connectivity index (χ4n) is 5.29. The van der Waals surface area contributed by atoms with Gasteiger partial charge in [-0.2, -0.15) is 19.0 Å². The molecule has 1 aliphatic heterocycles. The van der Waals surface area contributed by atoms with Crippen LogP contribution in [0.4, 0.5) is 14.5 Å². The zero-order valence-electron chi connectivity index (χ0n) is 21.9. The monoisotopic (exact) mass is 578 g/mol. The molecule has 0 saturated carbocycles. The van der Waals surface area contributed by atoms with Crippen LogP contribution in [0.5, 0.6) is 0 Å². The van der Waals surface area contributed by atoms with Gasteiger partial charge in [-0.05, 0) is 37.1 Å². The lowest BCUT2D eigenvalue weighted by molar-refractivity contribution is -0.119. The van der Waals surface area contributed by atoms with Crippen molar-refractivity contribution in [2.24, 2.45) is 5.92 Å². The minimum absolute atomic E-state index is 0.0625. The van der Waals surface area contributed by atoms with Gasteiger partial charge in [0.05, 0.1) is 53.0 Å². The molecule has 6 rings (SSSR count). The van der Waals surface area contributed by atoms with Crippen LogP contribution in [0.3, 0.4) is 0 Å². The molecule has 0 radical (unpaired) electrons. The van der Waals surface area contributed by atoms with Crippen LogP contribution in [0.25, 0.3) is 33.4 Å². The predicted octanol–water partition coefficient (Wildman–Crippen LogP) is 5.83. The van der Waals surface area contributed by atoms with Gasteiger partial charge in [0.1, 0.15) is 0 Å². The van der Waals surface area contributed by atoms with Gasteiger partial charge in [-0.15, -0.1) is 0 Å². The molecule has 1 aliphatic rings. The van der Waals surface area contributed by atoms with E-state index in [0.717, 1.165) is 5.39 Å². The van der Waals surface area contributed by atoms with E-state index < -0.39 is 12.6 Å². The third-order valence-corrected chi connectivity index (χ3v) is 7.63. The molecule has 13 heteroatoms. The van der Waals surface area contributed by atoms with Crippen molar-refractivity contribution >= 4 is 34.1 Å². The Labute approximate surface area is 237 Å². The lowest BCUT2D eigenvalue weighted by Gasteiger charge is -2.20. The highest BCUT2D eigenvalue weighted by atomic mass is 35.5. The molecule has 0 unspecified atom stereocenters. The Morgan fingerprint density at radius 3 is 2.71 bits per heavy atom. The molecule has 0 spiro atoms. The summed E-state index contributed by atoms with van der Waals surface area (Å²) in [6.45, 7) is -1.13. The fourth-order valence-corrected chi connectivity index (χ4v) is 5.51. The summed E-state index contributed by atoms with van der Waals surface area (Å²) in [6, 6.07) is 7.63. The third kappa shape index (κ3) is 5.10. The summed E-state index contributed by atoms with van der Waals surface area (Å²) >= 11 is 6.30. The van der Waals surface area contributed by atoms with Crippen LogP contribution in [0, 0.1) is 5.92 Å². The summed E-state index contributed by atoms with van der Waals surface area (Å²) < 4.78 is 29.9. The highest BCUT2D eigenvalue weighted by Crippen LogP contribution is 2.35. The summed E-state index contributed by atoms with van der Waals surface area (Å²) in [5, 5.41) is 14.9. The maximum absolute atomic E-state index is 13.9. The third-order valence-electron chi connectivity index (χ3n) is 7.41. The summed E-state index contributed by atoms with van der Waals surface area (Å²) in [7, 11) is 0. The molecule has 5 heterocycles. The van der Waals surface area contributed by atoms with Crippen molar-refractivity contribution in [2.75, 3.05) is 5.32 Å². The van der Waals surface area contributed by atoms with E-state index in [1.807, 2.05) is 0 Å². The number of fused-ring (bicyclic) bond motifs is 5.